The number of hydrogen-bond donors (Lipinski definition) is 1. The zero-order valence-corrected chi connectivity index (χ0v) is 16.8. The van der Waals surface area contributed by atoms with E-state index in [1.165, 1.54) is 16.7 Å². The van der Waals surface area contributed by atoms with Crippen molar-refractivity contribution >= 4 is 24.8 Å². The van der Waals surface area contributed by atoms with Gasteiger partial charge in [0.1, 0.15) is 0 Å². The SMILES string of the molecule is Cl.Cl.NCCc1cccc(CN2CCC(OCc3ccccc3)CC2)c1. The number of benzene rings is 2. The zero-order valence-electron chi connectivity index (χ0n) is 15.2. The van der Waals surface area contributed by atoms with Gasteiger partial charge in [0.05, 0.1) is 12.7 Å². The molecule has 0 spiro atoms. The van der Waals surface area contributed by atoms with E-state index in [1.807, 2.05) is 6.07 Å². The lowest BCUT2D eigenvalue weighted by Crippen LogP contribution is -2.36. The Hall–Kier alpha value is -1.10. The highest BCUT2D eigenvalue weighted by Crippen LogP contribution is 2.18. The Morgan fingerprint density at radius 1 is 0.885 bits per heavy atom. The molecule has 3 rings (SSSR count). The minimum absolute atomic E-state index is 0. The maximum Gasteiger partial charge on any atom is 0.0720 e. The predicted octanol–water partition coefficient (Wildman–Crippen LogP) is 4.21. The normalized spacial score (nSPS) is 15.1. The van der Waals surface area contributed by atoms with E-state index in [-0.39, 0.29) is 24.8 Å². The van der Waals surface area contributed by atoms with E-state index in [9.17, 15) is 0 Å². The Labute approximate surface area is 169 Å². The summed E-state index contributed by atoms with van der Waals surface area (Å²) in [7, 11) is 0. The number of hydrogen-bond acceptors (Lipinski definition) is 3. The van der Waals surface area contributed by atoms with Gasteiger partial charge in [-0.3, -0.25) is 4.90 Å². The zero-order chi connectivity index (χ0) is 16.6. The van der Waals surface area contributed by atoms with Crippen molar-refractivity contribution in [3.8, 4) is 0 Å². The first kappa shape index (κ1) is 22.9. The molecule has 144 valence electrons. The van der Waals surface area contributed by atoms with Crippen molar-refractivity contribution < 1.29 is 4.74 Å². The number of halogens is 2. The third kappa shape index (κ3) is 7.26. The lowest BCUT2D eigenvalue weighted by molar-refractivity contribution is -0.00394. The van der Waals surface area contributed by atoms with Crippen LogP contribution in [0.25, 0.3) is 0 Å². The molecule has 0 bridgehead atoms. The standard InChI is InChI=1S/C21H28N2O.2ClH/c22-12-9-18-7-4-8-20(15-18)16-23-13-10-21(11-14-23)24-17-19-5-2-1-3-6-19;;/h1-8,15,21H,9-14,16-17,22H2;2*1H. The van der Waals surface area contributed by atoms with Crippen LogP contribution in [0.2, 0.25) is 0 Å². The molecule has 26 heavy (non-hydrogen) atoms. The van der Waals surface area contributed by atoms with Crippen molar-refractivity contribution in [2.75, 3.05) is 19.6 Å². The summed E-state index contributed by atoms with van der Waals surface area (Å²) in [6, 6.07) is 19.3. The molecule has 0 saturated carbocycles. The second-order valence-corrected chi connectivity index (χ2v) is 6.63. The van der Waals surface area contributed by atoms with Gasteiger partial charge in [-0.25, -0.2) is 0 Å². The van der Waals surface area contributed by atoms with Crippen LogP contribution in [0.4, 0.5) is 0 Å². The second kappa shape index (κ2) is 12.3. The maximum atomic E-state index is 6.08. The van der Waals surface area contributed by atoms with Crippen LogP contribution in [0, 0.1) is 0 Å². The van der Waals surface area contributed by atoms with E-state index in [4.69, 9.17) is 10.5 Å². The van der Waals surface area contributed by atoms with Crippen molar-refractivity contribution in [2.24, 2.45) is 5.73 Å². The van der Waals surface area contributed by atoms with Crippen molar-refractivity contribution in [3.05, 3.63) is 71.3 Å². The minimum Gasteiger partial charge on any atom is -0.373 e. The van der Waals surface area contributed by atoms with E-state index in [0.717, 1.165) is 45.5 Å². The summed E-state index contributed by atoms with van der Waals surface area (Å²) in [4.78, 5) is 2.53. The average molecular weight is 397 g/mol. The molecule has 3 nitrogen and oxygen atoms in total. The van der Waals surface area contributed by atoms with Crippen LogP contribution in [0.15, 0.2) is 54.6 Å². The van der Waals surface area contributed by atoms with Gasteiger partial charge < -0.3 is 10.5 Å². The Kier molecular flexibility index (Phi) is 10.9. The Morgan fingerprint density at radius 2 is 1.54 bits per heavy atom. The molecule has 2 aromatic rings. The van der Waals surface area contributed by atoms with Crippen molar-refractivity contribution in [2.45, 2.75) is 38.5 Å². The van der Waals surface area contributed by atoms with Crippen molar-refractivity contribution in [1.82, 2.24) is 4.90 Å². The van der Waals surface area contributed by atoms with E-state index in [0.29, 0.717) is 12.6 Å². The number of piperidine rings is 1. The van der Waals surface area contributed by atoms with Crippen LogP contribution >= 0.6 is 24.8 Å². The number of rotatable bonds is 7. The number of likely N-dealkylation sites (tertiary alicyclic amines) is 1. The molecule has 0 atom stereocenters. The first-order valence-corrected chi connectivity index (χ1v) is 8.99. The van der Waals surface area contributed by atoms with Crippen LogP contribution in [0.5, 0.6) is 0 Å². The third-order valence-electron chi connectivity index (χ3n) is 4.69. The number of nitrogens with zero attached hydrogens (tertiary/aromatic N) is 1. The molecule has 1 saturated heterocycles. The van der Waals surface area contributed by atoms with Gasteiger partial charge in [-0.2, -0.15) is 0 Å². The van der Waals surface area contributed by atoms with Gasteiger partial charge in [0.2, 0.25) is 0 Å². The molecule has 1 fully saturated rings. The molecule has 0 aliphatic carbocycles. The van der Waals surface area contributed by atoms with Crippen LogP contribution in [0.3, 0.4) is 0 Å². The monoisotopic (exact) mass is 396 g/mol. The summed E-state index contributed by atoms with van der Waals surface area (Å²) in [6.45, 7) is 4.70. The van der Waals surface area contributed by atoms with Gasteiger partial charge >= 0.3 is 0 Å². The molecule has 5 heteroatoms. The number of nitrogens with two attached hydrogens (primary N) is 1. The van der Waals surface area contributed by atoms with Crippen molar-refractivity contribution in [3.63, 3.8) is 0 Å². The quantitative estimate of drug-likeness (QED) is 0.761. The smallest absolute Gasteiger partial charge is 0.0720 e. The summed E-state index contributed by atoms with van der Waals surface area (Å²) in [5.74, 6) is 0. The van der Waals surface area contributed by atoms with E-state index < -0.39 is 0 Å². The first-order chi connectivity index (χ1) is 11.8. The predicted molar refractivity (Wildman–Crippen MR) is 113 cm³/mol. The highest BCUT2D eigenvalue weighted by molar-refractivity contribution is 5.85. The first-order valence-electron chi connectivity index (χ1n) is 8.99. The molecule has 0 aromatic heterocycles. The van der Waals surface area contributed by atoms with Gasteiger partial charge in [0, 0.05) is 19.6 Å². The Morgan fingerprint density at radius 3 is 2.23 bits per heavy atom. The topological polar surface area (TPSA) is 38.5 Å². The third-order valence-corrected chi connectivity index (χ3v) is 4.69. The molecule has 2 N–H and O–H groups in total. The second-order valence-electron chi connectivity index (χ2n) is 6.63. The molecular weight excluding hydrogens is 367 g/mol. The van der Waals surface area contributed by atoms with Crippen molar-refractivity contribution in [1.29, 1.82) is 0 Å². The molecule has 0 radical (unpaired) electrons. The van der Waals surface area contributed by atoms with Gasteiger partial charge in [0.25, 0.3) is 0 Å². The fraction of sp³-hybridized carbons (Fsp3) is 0.429. The summed E-state index contributed by atoms with van der Waals surface area (Å²) in [6.07, 6.45) is 3.60. The minimum atomic E-state index is 0. The summed E-state index contributed by atoms with van der Waals surface area (Å²) >= 11 is 0. The molecule has 2 aromatic carbocycles. The number of ether oxygens (including phenoxy) is 1. The summed E-state index contributed by atoms with van der Waals surface area (Å²) < 4.78 is 6.08. The van der Waals surface area contributed by atoms with Crippen LogP contribution in [-0.4, -0.2) is 30.6 Å². The fourth-order valence-electron chi connectivity index (χ4n) is 3.33. The lowest BCUT2D eigenvalue weighted by Gasteiger charge is -2.32. The highest BCUT2D eigenvalue weighted by Gasteiger charge is 2.19. The van der Waals surface area contributed by atoms with Gasteiger partial charge in [0.15, 0.2) is 0 Å². The van der Waals surface area contributed by atoms with Crippen LogP contribution in [-0.2, 0) is 24.3 Å². The molecular formula is C21H30Cl2N2O. The molecule has 1 heterocycles. The maximum absolute atomic E-state index is 6.08. The van der Waals surface area contributed by atoms with E-state index in [2.05, 4.69) is 53.4 Å². The Bertz CT molecular complexity index is 616. The largest absolute Gasteiger partial charge is 0.373 e. The summed E-state index contributed by atoms with van der Waals surface area (Å²) in [5.41, 5.74) is 9.65. The molecule has 0 unspecified atom stereocenters. The summed E-state index contributed by atoms with van der Waals surface area (Å²) in [5, 5.41) is 0. The van der Waals surface area contributed by atoms with Gasteiger partial charge in [-0.1, -0.05) is 54.6 Å². The van der Waals surface area contributed by atoms with Crippen LogP contribution < -0.4 is 5.73 Å². The van der Waals surface area contributed by atoms with Gasteiger partial charge in [-0.05, 0) is 42.5 Å². The molecule has 0 amide bonds. The average Bonchev–Trinajstić information content (AvgIpc) is 2.63. The highest BCUT2D eigenvalue weighted by atomic mass is 35.5. The molecule has 1 aliphatic heterocycles. The Balaban J connectivity index is 0.00000169. The van der Waals surface area contributed by atoms with E-state index in [1.54, 1.807) is 0 Å². The fourth-order valence-corrected chi connectivity index (χ4v) is 3.33. The van der Waals surface area contributed by atoms with Gasteiger partial charge in [-0.15, -0.1) is 24.8 Å². The van der Waals surface area contributed by atoms with E-state index >= 15 is 0 Å². The van der Waals surface area contributed by atoms with Crippen LogP contribution in [0.1, 0.15) is 29.5 Å². The molecule has 1 aliphatic rings. The lowest BCUT2D eigenvalue weighted by atomic mass is 10.0.